The first kappa shape index (κ1) is 13.4. The average molecular weight is 202 g/mol. The molecular formula is C10H22N2O2. The lowest BCUT2D eigenvalue weighted by Crippen LogP contribution is -2.47. The molecule has 0 fully saturated rings. The van der Waals surface area contributed by atoms with Gasteiger partial charge in [0, 0.05) is 6.04 Å². The summed E-state index contributed by atoms with van der Waals surface area (Å²) in [5.74, 6) is -0.0121. The molecular weight excluding hydrogens is 180 g/mol. The van der Waals surface area contributed by atoms with Crippen molar-refractivity contribution in [3.63, 3.8) is 0 Å². The van der Waals surface area contributed by atoms with Gasteiger partial charge in [0.25, 0.3) is 0 Å². The second-order valence-corrected chi connectivity index (χ2v) is 4.26. The maximum absolute atomic E-state index is 11.5. The van der Waals surface area contributed by atoms with Crippen LogP contribution in [0.1, 0.15) is 34.1 Å². The fourth-order valence-electron chi connectivity index (χ4n) is 1.21. The monoisotopic (exact) mass is 202 g/mol. The summed E-state index contributed by atoms with van der Waals surface area (Å²) in [5.41, 5.74) is 5.66. The molecule has 0 heterocycles. The third-order valence-corrected chi connectivity index (χ3v) is 2.10. The molecule has 0 spiro atoms. The maximum atomic E-state index is 11.5. The van der Waals surface area contributed by atoms with E-state index in [4.69, 9.17) is 10.8 Å². The van der Waals surface area contributed by atoms with Gasteiger partial charge in [-0.1, -0.05) is 13.8 Å². The molecule has 4 heteroatoms. The molecule has 0 radical (unpaired) electrons. The van der Waals surface area contributed by atoms with Crippen LogP contribution in [0, 0.1) is 5.92 Å². The number of aliphatic hydroxyl groups is 1. The minimum Gasteiger partial charge on any atom is -0.393 e. The van der Waals surface area contributed by atoms with Crippen LogP contribution in [0.2, 0.25) is 0 Å². The van der Waals surface area contributed by atoms with Gasteiger partial charge in [-0.3, -0.25) is 4.79 Å². The molecule has 0 aromatic heterocycles. The van der Waals surface area contributed by atoms with E-state index >= 15 is 0 Å². The fraction of sp³-hybridized carbons (Fsp3) is 0.900. The highest BCUT2D eigenvalue weighted by Crippen LogP contribution is 2.01. The maximum Gasteiger partial charge on any atom is 0.237 e. The van der Waals surface area contributed by atoms with E-state index in [-0.39, 0.29) is 17.9 Å². The summed E-state index contributed by atoms with van der Waals surface area (Å²) in [4.78, 5) is 11.5. The Morgan fingerprint density at radius 3 is 2.21 bits per heavy atom. The van der Waals surface area contributed by atoms with Gasteiger partial charge in [0.05, 0.1) is 12.1 Å². The number of rotatable bonds is 5. The lowest BCUT2D eigenvalue weighted by molar-refractivity contribution is -0.124. The molecule has 4 N–H and O–H groups in total. The van der Waals surface area contributed by atoms with Gasteiger partial charge in [0.15, 0.2) is 0 Å². The first-order chi connectivity index (χ1) is 6.34. The minimum absolute atomic E-state index is 0.0349. The van der Waals surface area contributed by atoms with Crippen LogP contribution in [-0.2, 0) is 4.79 Å². The van der Waals surface area contributed by atoms with Crippen molar-refractivity contribution in [2.75, 3.05) is 0 Å². The Bertz CT molecular complexity index is 181. The molecule has 0 aliphatic rings. The summed E-state index contributed by atoms with van der Waals surface area (Å²) in [6.45, 7) is 7.37. The van der Waals surface area contributed by atoms with Crippen molar-refractivity contribution in [1.82, 2.24) is 5.32 Å². The van der Waals surface area contributed by atoms with Gasteiger partial charge >= 0.3 is 0 Å². The number of hydrogen-bond donors (Lipinski definition) is 3. The number of carbonyl (C=O) groups is 1. The summed E-state index contributed by atoms with van der Waals surface area (Å²) in [6, 6.07) is -0.501. The second kappa shape index (κ2) is 5.98. The van der Waals surface area contributed by atoms with Crippen LogP contribution in [0.5, 0.6) is 0 Å². The molecule has 0 bridgehead atoms. The molecule has 2 unspecified atom stereocenters. The van der Waals surface area contributed by atoms with E-state index in [1.807, 2.05) is 20.8 Å². The zero-order valence-electron chi connectivity index (χ0n) is 9.45. The van der Waals surface area contributed by atoms with Gasteiger partial charge in [-0.2, -0.15) is 0 Å². The molecule has 4 nitrogen and oxygen atoms in total. The van der Waals surface area contributed by atoms with Crippen molar-refractivity contribution in [2.24, 2.45) is 11.7 Å². The van der Waals surface area contributed by atoms with E-state index in [0.29, 0.717) is 6.42 Å². The van der Waals surface area contributed by atoms with Gasteiger partial charge in [-0.15, -0.1) is 0 Å². The predicted molar refractivity (Wildman–Crippen MR) is 56.7 cm³/mol. The van der Waals surface area contributed by atoms with Gasteiger partial charge in [0.2, 0.25) is 5.91 Å². The van der Waals surface area contributed by atoms with Crippen molar-refractivity contribution in [3.8, 4) is 0 Å². The second-order valence-electron chi connectivity index (χ2n) is 4.26. The molecule has 0 aromatic rings. The largest absolute Gasteiger partial charge is 0.393 e. The summed E-state index contributed by atoms with van der Waals surface area (Å²) in [7, 11) is 0. The topological polar surface area (TPSA) is 75.3 Å². The number of aliphatic hydroxyl groups excluding tert-OH is 1. The number of carbonyl (C=O) groups excluding carboxylic acids is 1. The Hall–Kier alpha value is -0.610. The number of nitrogens with one attached hydrogen (secondary N) is 1. The molecule has 0 aliphatic heterocycles. The van der Waals surface area contributed by atoms with Crippen LogP contribution in [0.15, 0.2) is 0 Å². The van der Waals surface area contributed by atoms with Crippen molar-refractivity contribution in [3.05, 3.63) is 0 Å². The fourth-order valence-corrected chi connectivity index (χ4v) is 1.21. The zero-order chi connectivity index (χ0) is 11.3. The van der Waals surface area contributed by atoms with Crippen molar-refractivity contribution >= 4 is 5.91 Å². The Kier molecular flexibility index (Phi) is 5.72. The highest BCUT2D eigenvalue weighted by Gasteiger charge is 2.19. The van der Waals surface area contributed by atoms with E-state index in [0.717, 1.165) is 0 Å². The molecule has 0 saturated heterocycles. The third-order valence-electron chi connectivity index (χ3n) is 2.10. The number of nitrogens with two attached hydrogens (primary N) is 1. The Morgan fingerprint density at radius 1 is 1.36 bits per heavy atom. The molecule has 84 valence electrons. The van der Waals surface area contributed by atoms with Crippen LogP contribution in [-0.4, -0.2) is 29.2 Å². The predicted octanol–water partition coefficient (Wildman–Crippen LogP) is 0.245. The molecule has 1 amide bonds. The van der Waals surface area contributed by atoms with Crippen LogP contribution in [0.25, 0.3) is 0 Å². The van der Waals surface area contributed by atoms with Gasteiger partial charge in [0.1, 0.15) is 0 Å². The highest BCUT2D eigenvalue weighted by atomic mass is 16.3. The summed E-state index contributed by atoms with van der Waals surface area (Å²) in [6.07, 6.45) is 0.150. The SMILES string of the molecule is CC(O)CC(C)NC(=O)[C@H](N)C(C)C. The molecule has 3 atom stereocenters. The number of amides is 1. The van der Waals surface area contributed by atoms with E-state index < -0.39 is 12.1 Å². The summed E-state index contributed by atoms with van der Waals surface area (Å²) < 4.78 is 0. The molecule has 0 rings (SSSR count). The molecule has 0 saturated carbocycles. The van der Waals surface area contributed by atoms with E-state index in [2.05, 4.69) is 5.32 Å². The lowest BCUT2D eigenvalue weighted by Gasteiger charge is -2.20. The molecule has 14 heavy (non-hydrogen) atoms. The van der Waals surface area contributed by atoms with E-state index in [1.54, 1.807) is 6.92 Å². The quantitative estimate of drug-likeness (QED) is 0.598. The van der Waals surface area contributed by atoms with E-state index in [1.165, 1.54) is 0 Å². The van der Waals surface area contributed by atoms with E-state index in [9.17, 15) is 4.79 Å². The van der Waals surface area contributed by atoms with Gasteiger partial charge in [-0.05, 0) is 26.2 Å². The highest BCUT2D eigenvalue weighted by molar-refractivity contribution is 5.81. The molecule has 0 aliphatic carbocycles. The first-order valence-electron chi connectivity index (χ1n) is 5.08. The normalized spacial score (nSPS) is 17.6. The van der Waals surface area contributed by atoms with Crippen molar-refractivity contribution in [1.29, 1.82) is 0 Å². The van der Waals surface area contributed by atoms with Gasteiger partial charge in [-0.25, -0.2) is 0 Å². The standard InChI is InChI=1S/C10H22N2O2/c1-6(2)9(11)10(14)12-7(3)5-8(4)13/h6-9,13H,5,11H2,1-4H3,(H,12,14)/t7?,8?,9-/m1/s1. The Balaban J connectivity index is 3.93. The van der Waals surface area contributed by atoms with Gasteiger partial charge < -0.3 is 16.2 Å². The summed E-state index contributed by atoms with van der Waals surface area (Å²) in [5, 5.41) is 11.9. The molecule has 0 aromatic carbocycles. The lowest BCUT2D eigenvalue weighted by atomic mass is 10.0. The van der Waals surface area contributed by atoms with Crippen molar-refractivity contribution in [2.45, 2.75) is 52.3 Å². The number of hydrogen-bond acceptors (Lipinski definition) is 3. The van der Waals surface area contributed by atoms with Crippen LogP contribution in [0.4, 0.5) is 0 Å². The average Bonchev–Trinajstić information content (AvgIpc) is 2.00. The zero-order valence-corrected chi connectivity index (χ0v) is 9.45. The first-order valence-corrected chi connectivity index (χ1v) is 5.08. The smallest absolute Gasteiger partial charge is 0.237 e. The Morgan fingerprint density at radius 2 is 1.86 bits per heavy atom. The van der Waals surface area contributed by atoms with Crippen molar-refractivity contribution < 1.29 is 9.90 Å². The summed E-state index contributed by atoms with van der Waals surface area (Å²) >= 11 is 0. The minimum atomic E-state index is -0.466. The van der Waals surface area contributed by atoms with Crippen LogP contribution >= 0.6 is 0 Å². The van der Waals surface area contributed by atoms with Crippen LogP contribution < -0.4 is 11.1 Å². The Labute approximate surface area is 85.9 Å². The van der Waals surface area contributed by atoms with Crippen LogP contribution in [0.3, 0.4) is 0 Å². The third kappa shape index (κ3) is 5.19.